The molecule has 0 radical (unpaired) electrons. The zero-order chi connectivity index (χ0) is 12.5. The molecule has 2 aliphatic heterocycles. The summed E-state index contributed by atoms with van der Waals surface area (Å²) in [6.45, 7) is 12.5. The number of piperazine rings is 1. The van der Waals surface area contributed by atoms with Crippen LogP contribution in [0.4, 0.5) is 0 Å². The summed E-state index contributed by atoms with van der Waals surface area (Å²) in [4.78, 5) is 5.06. The minimum atomic E-state index is 0. The SMILES string of the molecule is CN1C=C(CN2CCN(C(C)(C)C)CC2)NN1.I. The van der Waals surface area contributed by atoms with Gasteiger partial charge in [0.25, 0.3) is 0 Å². The van der Waals surface area contributed by atoms with Gasteiger partial charge in [0.05, 0.1) is 5.70 Å². The summed E-state index contributed by atoms with van der Waals surface area (Å²) < 4.78 is 0. The molecule has 0 unspecified atom stereocenters. The van der Waals surface area contributed by atoms with Crippen molar-refractivity contribution in [2.45, 2.75) is 26.3 Å². The second-order valence-corrected chi connectivity index (χ2v) is 5.94. The molecule has 1 fully saturated rings. The molecule has 2 heterocycles. The molecule has 106 valence electrons. The van der Waals surface area contributed by atoms with Crippen molar-refractivity contribution in [1.82, 2.24) is 25.8 Å². The van der Waals surface area contributed by atoms with Gasteiger partial charge in [-0.3, -0.25) is 14.8 Å². The predicted molar refractivity (Wildman–Crippen MR) is 85.3 cm³/mol. The maximum atomic E-state index is 3.18. The van der Waals surface area contributed by atoms with E-state index in [-0.39, 0.29) is 24.0 Å². The van der Waals surface area contributed by atoms with Crippen LogP contribution in [-0.4, -0.2) is 60.1 Å². The molecule has 2 aliphatic rings. The summed E-state index contributed by atoms with van der Waals surface area (Å²) in [6.07, 6.45) is 2.11. The number of hydrogen-bond donors (Lipinski definition) is 2. The van der Waals surface area contributed by atoms with Gasteiger partial charge in [-0.2, -0.15) is 0 Å². The largest absolute Gasteiger partial charge is 0.305 e. The zero-order valence-corrected chi connectivity index (χ0v) is 14.2. The maximum absolute atomic E-state index is 3.18. The molecule has 0 bridgehead atoms. The lowest BCUT2D eigenvalue weighted by Crippen LogP contribution is -2.54. The van der Waals surface area contributed by atoms with Gasteiger partial charge < -0.3 is 5.43 Å². The third-order valence-corrected chi connectivity index (χ3v) is 3.46. The Morgan fingerprint density at radius 1 is 1.17 bits per heavy atom. The fourth-order valence-corrected chi connectivity index (χ4v) is 2.36. The lowest BCUT2D eigenvalue weighted by molar-refractivity contribution is 0.0658. The molecule has 2 N–H and O–H groups in total. The van der Waals surface area contributed by atoms with E-state index >= 15 is 0 Å². The van der Waals surface area contributed by atoms with Crippen molar-refractivity contribution in [3.63, 3.8) is 0 Å². The normalized spacial score (nSPS) is 22.4. The van der Waals surface area contributed by atoms with Crippen molar-refractivity contribution in [1.29, 1.82) is 0 Å². The van der Waals surface area contributed by atoms with E-state index in [1.165, 1.54) is 18.8 Å². The number of halogens is 1. The molecular formula is C12H26IN5. The van der Waals surface area contributed by atoms with E-state index in [4.69, 9.17) is 0 Å². The Morgan fingerprint density at radius 3 is 2.22 bits per heavy atom. The van der Waals surface area contributed by atoms with Crippen LogP contribution in [0.2, 0.25) is 0 Å². The molecule has 0 amide bonds. The third-order valence-electron chi connectivity index (χ3n) is 3.46. The van der Waals surface area contributed by atoms with Crippen molar-refractivity contribution in [2.75, 3.05) is 39.8 Å². The minimum Gasteiger partial charge on any atom is -0.305 e. The zero-order valence-electron chi connectivity index (χ0n) is 11.9. The second-order valence-electron chi connectivity index (χ2n) is 5.94. The van der Waals surface area contributed by atoms with E-state index in [0.29, 0.717) is 5.54 Å². The Bertz CT molecular complexity index is 291. The molecular weight excluding hydrogens is 341 g/mol. The first-order chi connectivity index (χ1) is 7.95. The lowest BCUT2D eigenvalue weighted by Gasteiger charge is -2.42. The van der Waals surface area contributed by atoms with E-state index in [1.54, 1.807) is 0 Å². The number of hydrogen-bond acceptors (Lipinski definition) is 5. The quantitative estimate of drug-likeness (QED) is 0.707. The van der Waals surface area contributed by atoms with Crippen LogP contribution in [0.25, 0.3) is 0 Å². The van der Waals surface area contributed by atoms with Crippen LogP contribution >= 0.6 is 24.0 Å². The standard InChI is InChI=1S/C12H25N5.HI/c1-12(2,3)17-7-5-16(6-8-17)10-11-9-15(4)14-13-11;/h9,13-14H,5-8,10H2,1-4H3;1H. The van der Waals surface area contributed by atoms with E-state index in [9.17, 15) is 0 Å². The van der Waals surface area contributed by atoms with Crippen molar-refractivity contribution >= 4 is 24.0 Å². The summed E-state index contributed by atoms with van der Waals surface area (Å²) in [6, 6.07) is 0. The molecule has 0 aliphatic carbocycles. The highest BCUT2D eigenvalue weighted by atomic mass is 127. The summed E-state index contributed by atoms with van der Waals surface area (Å²) in [7, 11) is 2.00. The Hall–Kier alpha value is -0.0500. The van der Waals surface area contributed by atoms with Crippen LogP contribution in [0, 0.1) is 0 Å². The molecule has 6 heteroatoms. The molecule has 1 saturated heterocycles. The molecule has 0 aromatic rings. The smallest absolute Gasteiger partial charge is 0.0593 e. The molecule has 0 aromatic heterocycles. The highest BCUT2D eigenvalue weighted by molar-refractivity contribution is 14.0. The van der Waals surface area contributed by atoms with Gasteiger partial charge in [0.15, 0.2) is 0 Å². The summed E-state index contributed by atoms with van der Waals surface area (Å²) in [5.74, 6) is 0. The number of hydrazine groups is 2. The fraction of sp³-hybridized carbons (Fsp3) is 0.833. The lowest BCUT2D eigenvalue weighted by atomic mass is 10.0. The van der Waals surface area contributed by atoms with E-state index in [0.717, 1.165) is 19.6 Å². The van der Waals surface area contributed by atoms with Crippen molar-refractivity contribution in [3.05, 3.63) is 11.9 Å². The van der Waals surface area contributed by atoms with Gasteiger partial charge in [-0.25, -0.2) is 0 Å². The van der Waals surface area contributed by atoms with Crippen LogP contribution in [-0.2, 0) is 0 Å². The molecule has 0 aromatic carbocycles. The van der Waals surface area contributed by atoms with Gasteiger partial charge in [-0.15, -0.1) is 29.5 Å². The first-order valence-corrected chi connectivity index (χ1v) is 6.38. The Kier molecular flexibility index (Phi) is 5.69. The van der Waals surface area contributed by atoms with Gasteiger partial charge >= 0.3 is 0 Å². The number of nitrogens with one attached hydrogen (secondary N) is 2. The van der Waals surface area contributed by atoms with Gasteiger partial charge in [-0.05, 0) is 20.8 Å². The van der Waals surface area contributed by atoms with Crippen LogP contribution in [0.3, 0.4) is 0 Å². The second kappa shape index (κ2) is 6.40. The van der Waals surface area contributed by atoms with Crippen LogP contribution in [0.15, 0.2) is 11.9 Å². The number of rotatable bonds is 2. The van der Waals surface area contributed by atoms with E-state index in [2.05, 4.69) is 47.7 Å². The van der Waals surface area contributed by atoms with E-state index in [1.807, 2.05) is 12.1 Å². The van der Waals surface area contributed by atoms with Crippen LogP contribution < -0.4 is 11.0 Å². The third kappa shape index (κ3) is 4.25. The molecule has 0 spiro atoms. The molecule has 5 nitrogen and oxygen atoms in total. The summed E-state index contributed by atoms with van der Waals surface area (Å²) in [5.41, 5.74) is 7.77. The first-order valence-electron chi connectivity index (χ1n) is 6.38. The Balaban J connectivity index is 0.00000162. The molecule has 0 saturated carbocycles. The van der Waals surface area contributed by atoms with Gasteiger partial charge in [-0.1, -0.05) is 0 Å². The fourth-order valence-electron chi connectivity index (χ4n) is 2.36. The average molecular weight is 367 g/mol. The van der Waals surface area contributed by atoms with Gasteiger partial charge in [0.2, 0.25) is 0 Å². The Morgan fingerprint density at radius 2 is 1.78 bits per heavy atom. The van der Waals surface area contributed by atoms with Crippen molar-refractivity contribution in [2.24, 2.45) is 0 Å². The highest BCUT2D eigenvalue weighted by Gasteiger charge is 2.26. The summed E-state index contributed by atoms with van der Waals surface area (Å²) >= 11 is 0. The summed E-state index contributed by atoms with van der Waals surface area (Å²) in [5, 5.41) is 1.95. The number of nitrogens with zero attached hydrogens (tertiary/aromatic N) is 3. The van der Waals surface area contributed by atoms with Gasteiger partial charge in [0.1, 0.15) is 0 Å². The van der Waals surface area contributed by atoms with Gasteiger partial charge in [0, 0.05) is 51.5 Å². The van der Waals surface area contributed by atoms with Crippen LogP contribution in [0.5, 0.6) is 0 Å². The maximum Gasteiger partial charge on any atom is 0.0593 e. The topological polar surface area (TPSA) is 33.8 Å². The van der Waals surface area contributed by atoms with Crippen molar-refractivity contribution in [3.8, 4) is 0 Å². The molecule has 18 heavy (non-hydrogen) atoms. The monoisotopic (exact) mass is 367 g/mol. The average Bonchev–Trinajstić information content (AvgIpc) is 2.63. The molecule has 2 rings (SSSR count). The minimum absolute atomic E-state index is 0. The molecule has 0 atom stereocenters. The Labute approximate surface area is 128 Å². The first kappa shape index (κ1) is 16.0. The highest BCUT2D eigenvalue weighted by Crippen LogP contribution is 2.16. The van der Waals surface area contributed by atoms with Crippen LogP contribution in [0.1, 0.15) is 20.8 Å². The predicted octanol–water partition coefficient (Wildman–Crippen LogP) is 0.816. The van der Waals surface area contributed by atoms with E-state index < -0.39 is 0 Å². The van der Waals surface area contributed by atoms with Crippen molar-refractivity contribution < 1.29 is 0 Å².